The van der Waals surface area contributed by atoms with Crippen LogP contribution in [0.2, 0.25) is 0 Å². The molecule has 0 aliphatic rings. The molecule has 4 heteroatoms. The smallest absolute Gasteiger partial charge is 0.176 e. The molecule has 3 nitrogen and oxygen atoms in total. The van der Waals surface area contributed by atoms with Crippen molar-refractivity contribution >= 4 is 19.1 Å². The number of hydrogen-bond acceptors (Lipinski definition) is 3. The lowest BCUT2D eigenvalue weighted by Gasteiger charge is -2.09. The monoisotopic (exact) mass is 577 g/mol. The molecule has 0 unspecified atom stereocenters. The average Bonchev–Trinajstić information content (AvgIpc) is 2.96. The lowest BCUT2D eigenvalue weighted by Crippen LogP contribution is -2.11. The van der Waals surface area contributed by atoms with Gasteiger partial charge in [0.15, 0.2) is 11.0 Å². The first-order valence-corrected chi connectivity index (χ1v) is 18.9. The summed E-state index contributed by atoms with van der Waals surface area (Å²) in [7, 11) is -1.58. The van der Waals surface area contributed by atoms with Gasteiger partial charge >= 0.3 is 0 Å². The van der Waals surface area contributed by atoms with Crippen molar-refractivity contribution in [3.63, 3.8) is 0 Å². The zero-order valence-electron chi connectivity index (χ0n) is 26.9. The second-order valence-electron chi connectivity index (χ2n) is 11.8. The third-order valence-corrected chi connectivity index (χ3v) is 9.36. The maximum atomic E-state index is 12.3. The van der Waals surface area contributed by atoms with Crippen LogP contribution in [0.1, 0.15) is 194 Å². The van der Waals surface area contributed by atoms with Crippen molar-refractivity contribution in [2.45, 2.75) is 194 Å². The van der Waals surface area contributed by atoms with Crippen molar-refractivity contribution in [1.82, 2.24) is 0 Å². The van der Waals surface area contributed by atoms with Crippen LogP contribution in [-0.2, 0) is 9.59 Å². The third-order valence-electron chi connectivity index (χ3n) is 7.84. The molecule has 0 saturated carbocycles. The maximum absolute atomic E-state index is 12.3. The molecule has 0 rings (SSSR count). The zero-order valence-corrected chi connectivity index (χ0v) is 27.8. The molecule has 40 heavy (non-hydrogen) atoms. The van der Waals surface area contributed by atoms with Crippen molar-refractivity contribution in [2.24, 2.45) is 5.50 Å². The van der Waals surface area contributed by atoms with Crippen LogP contribution in [0.15, 0.2) is 24.3 Å². The summed E-state index contributed by atoms with van der Waals surface area (Å²) in [6.45, 7) is 4.53. The van der Waals surface area contributed by atoms with E-state index in [0.717, 1.165) is 25.7 Å². The topological polar surface area (TPSA) is 60.2 Å². The minimum atomic E-state index is -1.58. The highest BCUT2D eigenvalue weighted by Gasteiger charge is 2.20. The fraction of sp³-hybridized carbons (Fsp3) is 0.833. The molecule has 0 aromatic carbocycles. The van der Waals surface area contributed by atoms with E-state index in [2.05, 4.69) is 38.2 Å². The highest BCUT2D eigenvalue weighted by Crippen LogP contribution is 2.33. The standard InChI is InChI=1S/C36H68NO2P/c1-3-5-7-9-11-13-15-17-19-21-23-25-27-29-31-33-35(38)40(37)36(39)34-32-30-28-26-24-22-20-18-16-14-12-10-8-6-4-2/h17-20H,3-16,21-34,37H2,1-2H3/b19-17+,20-18+. The van der Waals surface area contributed by atoms with Gasteiger partial charge in [0, 0.05) is 12.8 Å². The summed E-state index contributed by atoms with van der Waals surface area (Å²) in [5.41, 5.74) is 6.04. The van der Waals surface area contributed by atoms with Crippen molar-refractivity contribution < 1.29 is 9.59 Å². The molecule has 0 radical (unpaired) electrons. The molecule has 0 aliphatic carbocycles. The van der Waals surface area contributed by atoms with Crippen molar-refractivity contribution in [3.8, 4) is 0 Å². The van der Waals surface area contributed by atoms with Crippen LogP contribution >= 0.6 is 8.07 Å². The number of carbonyl (C=O) groups is 2. The highest BCUT2D eigenvalue weighted by molar-refractivity contribution is 7.87. The minimum Gasteiger partial charge on any atom is -0.298 e. The predicted molar refractivity (Wildman–Crippen MR) is 180 cm³/mol. The van der Waals surface area contributed by atoms with Crippen LogP contribution in [0, 0.1) is 0 Å². The summed E-state index contributed by atoms with van der Waals surface area (Å²) in [4.78, 5) is 24.7. The van der Waals surface area contributed by atoms with Crippen LogP contribution in [-0.4, -0.2) is 11.0 Å². The van der Waals surface area contributed by atoms with Crippen LogP contribution in [0.3, 0.4) is 0 Å². The van der Waals surface area contributed by atoms with E-state index in [9.17, 15) is 9.59 Å². The fourth-order valence-electron chi connectivity index (χ4n) is 5.07. The Morgan fingerprint density at radius 1 is 0.425 bits per heavy atom. The van der Waals surface area contributed by atoms with E-state index in [0.29, 0.717) is 12.8 Å². The Bertz CT molecular complexity index is 564. The van der Waals surface area contributed by atoms with Crippen LogP contribution < -0.4 is 5.50 Å². The first-order chi connectivity index (χ1) is 19.6. The Hall–Kier alpha value is -0.790. The Morgan fingerprint density at radius 3 is 0.975 bits per heavy atom. The van der Waals surface area contributed by atoms with Gasteiger partial charge in [-0.2, -0.15) is 0 Å². The maximum Gasteiger partial charge on any atom is 0.176 e. The fourth-order valence-corrected chi connectivity index (χ4v) is 6.15. The second-order valence-corrected chi connectivity index (χ2v) is 13.6. The van der Waals surface area contributed by atoms with Crippen LogP contribution in [0.5, 0.6) is 0 Å². The molecule has 0 aromatic rings. The molecule has 0 aliphatic heterocycles. The molecule has 0 aromatic heterocycles. The van der Waals surface area contributed by atoms with Gasteiger partial charge in [-0.1, -0.05) is 141 Å². The number of rotatable bonds is 32. The zero-order chi connectivity index (χ0) is 29.4. The van der Waals surface area contributed by atoms with E-state index in [1.54, 1.807) is 0 Å². The van der Waals surface area contributed by atoms with Gasteiger partial charge in [-0.15, -0.1) is 0 Å². The largest absolute Gasteiger partial charge is 0.298 e. The van der Waals surface area contributed by atoms with Gasteiger partial charge in [0.1, 0.15) is 8.07 Å². The molecule has 0 heterocycles. The molecular formula is C36H68NO2P. The van der Waals surface area contributed by atoms with Gasteiger partial charge in [0.25, 0.3) is 0 Å². The Labute approximate surface area is 251 Å². The van der Waals surface area contributed by atoms with E-state index in [4.69, 9.17) is 5.50 Å². The molecule has 0 saturated heterocycles. The van der Waals surface area contributed by atoms with Crippen molar-refractivity contribution in [1.29, 1.82) is 0 Å². The summed E-state index contributed by atoms with van der Waals surface area (Å²) < 4.78 is 0. The number of allylic oxidation sites excluding steroid dienone is 4. The predicted octanol–water partition coefficient (Wildman–Crippen LogP) is 12.5. The lowest BCUT2D eigenvalue weighted by atomic mass is 10.1. The van der Waals surface area contributed by atoms with Crippen molar-refractivity contribution in [3.05, 3.63) is 24.3 Å². The van der Waals surface area contributed by atoms with E-state index in [1.807, 2.05) is 0 Å². The quantitative estimate of drug-likeness (QED) is 0.0491. The summed E-state index contributed by atoms with van der Waals surface area (Å²) in [6, 6.07) is 0. The van der Waals surface area contributed by atoms with Crippen molar-refractivity contribution in [2.75, 3.05) is 0 Å². The Morgan fingerprint density at radius 2 is 0.675 bits per heavy atom. The molecular weight excluding hydrogens is 509 g/mol. The minimum absolute atomic E-state index is 0.00498. The number of carbonyl (C=O) groups excluding carboxylic acids is 2. The van der Waals surface area contributed by atoms with Gasteiger partial charge in [-0.25, -0.2) is 0 Å². The molecule has 0 fully saturated rings. The molecule has 0 amide bonds. The van der Waals surface area contributed by atoms with Gasteiger partial charge in [-0.3, -0.25) is 15.1 Å². The molecule has 0 atom stereocenters. The Kier molecular flexibility index (Phi) is 32.1. The normalized spacial score (nSPS) is 11.9. The molecule has 234 valence electrons. The van der Waals surface area contributed by atoms with Crippen LogP contribution in [0.25, 0.3) is 0 Å². The first-order valence-electron chi connectivity index (χ1n) is 17.5. The molecule has 0 bridgehead atoms. The van der Waals surface area contributed by atoms with Gasteiger partial charge < -0.3 is 0 Å². The third kappa shape index (κ3) is 28.7. The van der Waals surface area contributed by atoms with Crippen LogP contribution in [0.4, 0.5) is 0 Å². The SMILES string of the molecule is CCCCCCCC/C=C/CCCCCCCC(=O)P(N)C(=O)CCCCCCC/C=C/CCCCCCCC. The average molecular weight is 578 g/mol. The Balaban J connectivity index is 3.51. The highest BCUT2D eigenvalue weighted by atomic mass is 31.1. The van der Waals surface area contributed by atoms with Gasteiger partial charge in [-0.05, 0) is 64.2 Å². The van der Waals surface area contributed by atoms with E-state index in [1.165, 1.54) is 141 Å². The van der Waals surface area contributed by atoms with E-state index >= 15 is 0 Å². The van der Waals surface area contributed by atoms with Gasteiger partial charge in [0.05, 0.1) is 0 Å². The first kappa shape index (κ1) is 39.2. The second kappa shape index (κ2) is 32.7. The summed E-state index contributed by atoms with van der Waals surface area (Å²) >= 11 is 0. The molecule has 0 spiro atoms. The van der Waals surface area contributed by atoms with E-state index in [-0.39, 0.29) is 11.0 Å². The summed E-state index contributed by atoms with van der Waals surface area (Å²) in [6.07, 6.45) is 42.7. The molecule has 2 N–H and O–H groups in total. The number of unbranched alkanes of at least 4 members (excludes halogenated alkanes) is 22. The van der Waals surface area contributed by atoms with Gasteiger partial charge in [0.2, 0.25) is 0 Å². The lowest BCUT2D eigenvalue weighted by molar-refractivity contribution is -0.114. The summed E-state index contributed by atoms with van der Waals surface area (Å²) in [5, 5.41) is 0. The number of hydrogen-bond donors (Lipinski definition) is 1. The number of nitrogens with two attached hydrogens (primary N) is 1. The summed E-state index contributed by atoms with van der Waals surface area (Å²) in [5.74, 6) is 0. The van der Waals surface area contributed by atoms with E-state index < -0.39 is 8.07 Å².